The van der Waals surface area contributed by atoms with E-state index in [1.165, 1.54) is 18.2 Å². The van der Waals surface area contributed by atoms with Gasteiger partial charge in [0.15, 0.2) is 0 Å². The Balaban J connectivity index is 2.33. The van der Waals surface area contributed by atoms with Crippen LogP contribution in [0.5, 0.6) is 5.75 Å². The van der Waals surface area contributed by atoms with Crippen molar-refractivity contribution in [3.8, 4) is 5.75 Å². The monoisotopic (exact) mass is 200 g/mol. The summed E-state index contributed by atoms with van der Waals surface area (Å²) in [6.45, 7) is 1.56. The highest BCUT2D eigenvalue weighted by Gasteiger charge is 2.25. The van der Waals surface area contributed by atoms with Gasteiger partial charge in [-0.2, -0.15) is 4.41 Å². The molecule has 1 aliphatic rings. The van der Waals surface area contributed by atoms with Crippen molar-refractivity contribution in [1.29, 1.82) is 0 Å². The average Bonchev–Trinajstić information content (AvgIpc) is 2.09. The van der Waals surface area contributed by atoms with Gasteiger partial charge in [0.1, 0.15) is 11.6 Å². The van der Waals surface area contributed by atoms with Gasteiger partial charge < -0.3 is 5.11 Å². The smallest absolute Gasteiger partial charge is 0.140 e. The van der Waals surface area contributed by atoms with Crippen LogP contribution < -0.4 is 5.01 Å². The minimum absolute atomic E-state index is 0.0696. The zero-order valence-corrected chi connectivity index (χ0v) is 7.71. The van der Waals surface area contributed by atoms with Crippen LogP contribution in [0.3, 0.4) is 0 Å². The van der Waals surface area contributed by atoms with E-state index in [0.29, 0.717) is 5.69 Å². The molecule has 0 saturated carbocycles. The first-order valence-electron chi connectivity index (χ1n) is 3.91. The van der Waals surface area contributed by atoms with Gasteiger partial charge in [-0.05, 0) is 12.1 Å². The Hall–Kier alpha value is -0.940. The zero-order chi connectivity index (χ0) is 9.42. The van der Waals surface area contributed by atoms with Gasteiger partial charge in [0.25, 0.3) is 0 Å². The molecule has 0 amide bonds. The Morgan fingerprint density at radius 2 is 2.15 bits per heavy atom. The van der Waals surface area contributed by atoms with Gasteiger partial charge in [-0.3, -0.25) is 5.01 Å². The fourth-order valence-corrected chi connectivity index (χ4v) is 1.51. The highest BCUT2D eigenvalue weighted by molar-refractivity contribution is 7.77. The maximum Gasteiger partial charge on any atom is 0.140 e. The second-order valence-electron chi connectivity index (χ2n) is 2.85. The summed E-state index contributed by atoms with van der Waals surface area (Å²) in [6.07, 6.45) is 0. The molecule has 0 unspecified atom stereocenters. The minimum atomic E-state index is -0.360. The van der Waals surface area contributed by atoms with Crippen molar-refractivity contribution < 1.29 is 9.50 Å². The second kappa shape index (κ2) is 3.08. The molecule has 0 bridgehead atoms. The summed E-state index contributed by atoms with van der Waals surface area (Å²) >= 11 is 4.10. The number of hydrogen-bond acceptors (Lipinski definition) is 4. The number of hydrazine groups is 1. The Bertz CT molecular complexity index is 334. The quantitative estimate of drug-likeness (QED) is 0.671. The third-order valence-electron chi connectivity index (χ3n) is 2.01. The van der Waals surface area contributed by atoms with E-state index in [1.54, 1.807) is 9.42 Å². The molecule has 5 heteroatoms. The summed E-state index contributed by atoms with van der Waals surface area (Å²) in [6, 6.07) is 3.85. The SMILES string of the molecule is Oc1ccc(F)cc1N1CCN1S. The lowest BCUT2D eigenvalue weighted by Crippen LogP contribution is -2.51. The fraction of sp³-hybridized carbons (Fsp3) is 0.250. The molecule has 0 radical (unpaired) electrons. The molecule has 0 aliphatic carbocycles. The van der Waals surface area contributed by atoms with Gasteiger partial charge in [0.05, 0.1) is 12.2 Å². The number of phenols is 1. The summed E-state index contributed by atoms with van der Waals surface area (Å²) in [5.74, 6) is -0.290. The number of aromatic hydroxyl groups is 1. The highest BCUT2D eigenvalue weighted by Crippen LogP contribution is 2.32. The van der Waals surface area contributed by atoms with Crippen LogP contribution in [0, 0.1) is 5.82 Å². The molecular formula is C8H9FN2OS. The van der Waals surface area contributed by atoms with E-state index in [1.807, 2.05) is 0 Å². The first kappa shape index (κ1) is 8.65. The van der Waals surface area contributed by atoms with Crippen LogP contribution in [0.15, 0.2) is 18.2 Å². The maximum atomic E-state index is 12.8. The predicted molar refractivity (Wildman–Crippen MR) is 51.1 cm³/mol. The van der Waals surface area contributed by atoms with Crippen molar-refractivity contribution in [2.45, 2.75) is 0 Å². The minimum Gasteiger partial charge on any atom is -0.506 e. The molecule has 0 atom stereocenters. The van der Waals surface area contributed by atoms with Gasteiger partial charge in [0, 0.05) is 12.6 Å². The molecule has 1 aliphatic heterocycles. The summed E-state index contributed by atoms with van der Waals surface area (Å²) in [7, 11) is 0. The molecular weight excluding hydrogens is 191 g/mol. The van der Waals surface area contributed by atoms with Crippen LogP contribution in [-0.4, -0.2) is 22.6 Å². The van der Waals surface area contributed by atoms with Gasteiger partial charge in [-0.15, -0.1) is 0 Å². The highest BCUT2D eigenvalue weighted by atomic mass is 32.1. The number of benzene rings is 1. The standard InChI is InChI=1S/C8H9FN2OS/c9-6-1-2-8(12)7(5-6)10-3-4-11(10)13/h1-2,5,12-13H,3-4H2. The van der Waals surface area contributed by atoms with Gasteiger partial charge >= 0.3 is 0 Å². The topological polar surface area (TPSA) is 26.7 Å². The molecule has 1 saturated heterocycles. The van der Waals surface area contributed by atoms with Crippen LogP contribution in [0.25, 0.3) is 0 Å². The van der Waals surface area contributed by atoms with Crippen LogP contribution in [0.4, 0.5) is 10.1 Å². The lowest BCUT2D eigenvalue weighted by atomic mass is 10.2. The van der Waals surface area contributed by atoms with Crippen LogP contribution in [-0.2, 0) is 0 Å². The van der Waals surface area contributed by atoms with Crippen molar-refractivity contribution in [3.63, 3.8) is 0 Å². The largest absolute Gasteiger partial charge is 0.506 e. The lowest BCUT2D eigenvalue weighted by molar-refractivity contribution is 0.329. The molecule has 1 heterocycles. The second-order valence-corrected chi connectivity index (χ2v) is 3.31. The predicted octanol–water partition coefficient (Wildman–Crippen LogP) is 1.41. The van der Waals surface area contributed by atoms with Crippen LogP contribution in [0.1, 0.15) is 0 Å². The average molecular weight is 200 g/mol. The van der Waals surface area contributed by atoms with E-state index < -0.39 is 0 Å². The van der Waals surface area contributed by atoms with E-state index in [9.17, 15) is 9.50 Å². The molecule has 1 aromatic carbocycles. The number of anilines is 1. The van der Waals surface area contributed by atoms with Gasteiger partial charge in [-0.25, -0.2) is 4.39 Å². The van der Waals surface area contributed by atoms with Crippen molar-refractivity contribution in [2.75, 3.05) is 18.1 Å². The van der Waals surface area contributed by atoms with Crippen molar-refractivity contribution in [1.82, 2.24) is 4.41 Å². The van der Waals surface area contributed by atoms with E-state index in [4.69, 9.17) is 0 Å². The molecule has 0 aromatic heterocycles. The van der Waals surface area contributed by atoms with E-state index in [0.717, 1.165) is 13.1 Å². The molecule has 3 nitrogen and oxygen atoms in total. The Morgan fingerprint density at radius 1 is 1.38 bits per heavy atom. The summed E-state index contributed by atoms with van der Waals surface area (Å²) in [5.41, 5.74) is 0.459. The molecule has 70 valence electrons. The first-order chi connectivity index (χ1) is 6.18. The summed E-state index contributed by atoms with van der Waals surface area (Å²) in [5, 5.41) is 11.1. The van der Waals surface area contributed by atoms with E-state index >= 15 is 0 Å². The lowest BCUT2D eigenvalue weighted by Gasteiger charge is -2.41. The molecule has 1 aromatic rings. The van der Waals surface area contributed by atoms with Crippen LogP contribution >= 0.6 is 12.8 Å². The van der Waals surface area contributed by atoms with Gasteiger partial charge in [-0.1, -0.05) is 12.8 Å². The molecule has 1 N–H and O–H groups in total. The normalized spacial score (nSPS) is 17.2. The molecule has 0 spiro atoms. The number of phenolic OH excluding ortho intramolecular Hbond substituents is 1. The maximum absolute atomic E-state index is 12.8. The number of halogens is 1. The fourth-order valence-electron chi connectivity index (χ4n) is 1.24. The third-order valence-corrected chi connectivity index (χ3v) is 2.42. The Labute approximate surface area is 80.9 Å². The Morgan fingerprint density at radius 3 is 2.69 bits per heavy atom. The number of thiol groups is 1. The summed E-state index contributed by atoms with van der Waals surface area (Å²) in [4.78, 5) is 0. The van der Waals surface area contributed by atoms with Crippen molar-refractivity contribution in [3.05, 3.63) is 24.0 Å². The Kier molecular flexibility index (Phi) is 2.05. The number of nitrogens with zero attached hydrogens (tertiary/aromatic N) is 2. The zero-order valence-electron chi connectivity index (χ0n) is 6.81. The molecule has 1 fully saturated rings. The third kappa shape index (κ3) is 1.45. The number of rotatable bonds is 1. The van der Waals surface area contributed by atoms with Crippen molar-refractivity contribution in [2.24, 2.45) is 0 Å². The number of hydrogen-bond donors (Lipinski definition) is 2. The van der Waals surface area contributed by atoms with E-state index in [-0.39, 0.29) is 11.6 Å². The van der Waals surface area contributed by atoms with Gasteiger partial charge in [0.2, 0.25) is 0 Å². The van der Waals surface area contributed by atoms with E-state index in [2.05, 4.69) is 12.8 Å². The molecule has 13 heavy (non-hydrogen) atoms. The summed E-state index contributed by atoms with van der Waals surface area (Å²) < 4.78 is 14.4. The van der Waals surface area contributed by atoms with Crippen LogP contribution in [0.2, 0.25) is 0 Å². The molecule has 2 rings (SSSR count). The first-order valence-corrected chi connectivity index (χ1v) is 4.31. The van der Waals surface area contributed by atoms with Crippen molar-refractivity contribution >= 4 is 18.5 Å².